The summed E-state index contributed by atoms with van der Waals surface area (Å²) in [6.45, 7) is 10.9. The highest BCUT2D eigenvalue weighted by Gasteiger charge is 2.27. The van der Waals surface area contributed by atoms with Crippen LogP contribution in [-0.4, -0.2) is 29.3 Å². The highest BCUT2D eigenvalue weighted by molar-refractivity contribution is 5.88. The van der Waals surface area contributed by atoms with Crippen molar-refractivity contribution in [2.75, 3.05) is 6.54 Å². The molecule has 0 spiro atoms. The van der Waals surface area contributed by atoms with Crippen molar-refractivity contribution in [3.05, 3.63) is 35.9 Å². The molecule has 0 aromatic heterocycles. The fourth-order valence-corrected chi connectivity index (χ4v) is 2.29. The maximum atomic E-state index is 12.5. The van der Waals surface area contributed by atoms with Gasteiger partial charge < -0.3 is 10.2 Å². The second kappa shape index (κ2) is 9.33. The van der Waals surface area contributed by atoms with Crippen LogP contribution >= 0.6 is 0 Å². The average molecular weight is 318 g/mol. The molecule has 23 heavy (non-hydrogen) atoms. The first kappa shape index (κ1) is 19.2. The summed E-state index contributed by atoms with van der Waals surface area (Å²) in [5.41, 5.74) is 1.03. The van der Waals surface area contributed by atoms with E-state index in [1.807, 2.05) is 44.2 Å². The Morgan fingerprint density at radius 2 is 1.65 bits per heavy atom. The summed E-state index contributed by atoms with van der Waals surface area (Å²) in [5.74, 6) is 0.323. The van der Waals surface area contributed by atoms with E-state index in [1.54, 1.807) is 11.8 Å². The second-order valence-electron chi connectivity index (χ2n) is 6.76. The van der Waals surface area contributed by atoms with Crippen molar-refractivity contribution in [3.63, 3.8) is 0 Å². The van der Waals surface area contributed by atoms with Gasteiger partial charge in [-0.3, -0.25) is 9.59 Å². The lowest BCUT2D eigenvalue weighted by atomic mass is 10.1. The van der Waals surface area contributed by atoms with Gasteiger partial charge in [0, 0.05) is 19.0 Å². The Bertz CT molecular complexity index is 497. The van der Waals surface area contributed by atoms with Crippen LogP contribution in [0.5, 0.6) is 0 Å². The Kier molecular flexibility index (Phi) is 7.79. The van der Waals surface area contributed by atoms with Crippen molar-refractivity contribution >= 4 is 11.8 Å². The van der Waals surface area contributed by atoms with Crippen LogP contribution in [0.3, 0.4) is 0 Å². The van der Waals surface area contributed by atoms with Crippen LogP contribution in [0.1, 0.15) is 46.6 Å². The van der Waals surface area contributed by atoms with E-state index in [4.69, 9.17) is 0 Å². The summed E-state index contributed by atoms with van der Waals surface area (Å²) in [6.07, 6.45) is 0.940. The normalized spacial score (nSPS) is 12.3. The highest BCUT2D eigenvalue weighted by Crippen LogP contribution is 2.13. The zero-order chi connectivity index (χ0) is 17.4. The van der Waals surface area contributed by atoms with E-state index in [0.717, 1.165) is 12.0 Å². The Balaban J connectivity index is 2.78. The van der Waals surface area contributed by atoms with Crippen LogP contribution in [-0.2, 0) is 16.1 Å². The summed E-state index contributed by atoms with van der Waals surface area (Å²) in [7, 11) is 0. The number of amides is 2. The van der Waals surface area contributed by atoms with E-state index in [-0.39, 0.29) is 17.7 Å². The van der Waals surface area contributed by atoms with Crippen LogP contribution in [0.25, 0.3) is 0 Å². The van der Waals surface area contributed by atoms with Gasteiger partial charge in [0.25, 0.3) is 0 Å². The van der Waals surface area contributed by atoms with E-state index in [0.29, 0.717) is 19.0 Å². The molecule has 0 aliphatic heterocycles. The van der Waals surface area contributed by atoms with E-state index >= 15 is 0 Å². The van der Waals surface area contributed by atoms with Gasteiger partial charge in [-0.2, -0.15) is 0 Å². The Labute approximate surface area is 140 Å². The monoisotopic (exact) mass is 318 g/mol. The summed E-state index contributed by atoms with van der Waals surface area (Å²) in [5, 5.41) is 2.94. The largest absolute Gasteiger partial charge is 0.354 e. The summed E-state index contributed by atoms with van der Waals surface area (Å²) in [4.78, 5) is 26.6. The topological polar surface area (TPSA) is 49.4 Å². The molecule has 0 saturated heterocycles. The lowest BCUT2D eigenvalue weighted by Gasteiger charge is -2.30. The summed E-state index contributed by atoms with van der Waals surface area (Å²) >= 11 is 0. The first-order valence-electron chi connectivity index (χ1n) is 8.45. The van der Waals surface area contributed by atoms with E-state index < -0.39 is 6.04 Å². The molecule has 1 aromatic rings. The lowest BCUT2D eigenvalue weighted by Crippen LogP contribution is -2.49. The molecule has 4 nitrogen and oxygen atoms in total. The molecule has 1 N–H and O–H groups in total. The van der Waals surface area contributed by atoms with Crippen LogP contribution in [0.4, 0.5) is 0 Å². The molecule has 2 amide bonds. The number of nitrogens with zero attached hydrogens (tertiary/aromatic N) is 1. The number of carbonyl (C=O) groups excluding carboxylic acids is 2. The van der Waals surface area contributed by atoms with E-state index in [9.17, 15) is 9.59 Å². The van der Waals surface area contributed by atoms with Crippen LogP contribution in [0.2, 0.25) is 0 Å². The molecular weight excluding hydrogens is 288 g/mol. The van der Waals surface area contributed by atoms with Gasteiger partial charge in [0.2, 0.25) is 11.8 Å². The van der Waals surface area contributed by atoms with E-state index in [2.05, 4.69) is 19.2 Å². The van der Waals surface area contributed by atoms with E-state index in [1.165, 1.54) is 0 Å². The van der Waals surface area contributed by atoms with Crippen molar-refractivity contribution in [2.45, 2.75) is 53.6 Å². The zero-order valence-electron chi connectivity index (χ0n) is 15.0. The van der Waals surface area contributed by atoms with Crippen molar-refractivity contribution in [3.8, 4) is 0 Å². The van der Waals surface area contributed by atoms with Crippen molar-refractivity contribution < 1.29 is 9.59 Å². The van der Waals surface area contributed by atoms with Gasteiger partial charge in [-0.1, -0.05) is 58.0 Å². The number of hydrogen-bond acceptors (Lipinski definition) is 2. The van der Waals surface area contributed by atoms with Gasteiger partial charge in [0.1, 0.15) is 6.04 Å². The van der Waals surface area contributed by atoms with Crippen LogP contribution < -0.4 is 5.32 Å². The first-order valence-corrected chi connectivity index (χ1v) is 8.45. The van der Waals surface area contributed by atoms with Gasteiger partial charge >= 0.3 is 0 Å². The Hall–Kier alpha value is -1.84. The predicted octanol–water partition coefficient (Wildman–Crippen LogP) is 3.22. The van der Waals surface area contributed by atoms with Crippen LogP contribution in [0.15, 0.2) is 30.3 Å². The lowest BCUT2D eigenvalue weighted by molar-refractivity contribution is -0.143. The molecule has 0 saturated carbocycles. The van der Waals surface area contributed by atoms with Gasteiger partial charge in [0.05, 0.1) is 0 Å². The third kappa shape index (κ3) is 6.43. The number of benzene rings is 1. The van der Waals surface area contributed by atoms with Crippen molar-refractivity contribution in [1.29, 1.82) is 0 Å². The van der Waals surface area contributed by atoms with Crippen molar-refractivity contribution in [2.24, 2.45) is 11.8 Å². The zero-order valence-corrected chi connectivity index (χ0v) is 15.0. The van der Waals surface area contributed by atoms with Gasteiger partial charge in [0.15, 0.2) is 0 Å². The molecule has 0 radical (unpaired) electrons. The first-order chi connectivity index (χ1) is 10.8. The molecule has 0 aliphatic rings. The average Bonchev–Trinajstić information content (AvgIpc) is 2.51. The fraction of sp³-hybridized carbons (Fsp3) is 0.579. The number of hydrogen-bond donors (Lipinski definition) is 1. The van der Waals surface area contributed by atoms with Crippen molar-refractivity contribution in [1.82, 2.24) is 10.2 Å². The van der Waals surface area contributed by atoms with Gasteiger partial charge in [-0.25, -0.2) is 0 Å². The minimum absolute atomic E-state index is 0.000336. The Morgan fingerprint density at radius 1 is 1.04 bits per heavy atom. The van der Waals surface area contributed by atoms with Gasteiger partial charge in [-0.05, 0) is 24.8 Å². The minimum atomic E-state index is -0.475. The second-order valence-corrected chi connectivity index (χ2v) is 6.76. The van der Waals surface area contributed by atoms with Crippen LogP contribution in [0, 0.1) is 11.8 Å². The quantitative estimate of drug-likeness (QED) is 0.800. The summed E-state index contributed by atoms with van der Waals surface area (Å²) < 4.78 is 0. The molecule has 1 aromatic carbocycles. The molecular formula is C19H30N2O2. The third-order valence-corrected chi connectivity index (χ3v) is 3.84. The Morgan fingerprint density at radius 3 is 2.17 bits per heavy atom. The predicted molar refractivity (Wildman–Crippen MR) is 93.8 cm³/mol. The molecule has 4 heteroatoms. The molecule has 0 bridgehead atoms. The molecule has 0 heterocycles. The maximum absolute atomic E-state index is 12.5. The number of rotatable bonds is 8. The standard InChI is InChI=1S/C19H30N2O2/c1-14(2)11-12-20-18(22)16(5)21(19(23)15(3)4)13-17-9-7-6-8-10-17/h6-10,14-16H,11-13H2,1-5H3,(H,20,22)/t16-/m1/s1. The van der Waals surface area contributed by atoms with Gasteiger partial charge in [-0.15, -0.1) is 0 Å². The summed E-state index contributed by atoms with van der Waals surface area (Å²) in [6, 6.07) is 9.31. The minimum Gasteiger partial charge on any atom is -0.354 e. The fourth-order valence-electron chi connectivity index (χ4n) is 2.29. The third-order valence-electron chi connectivity index (χ3n) is 3.84. The number of carbonyl (C=O) groups is 2. The molecule has 0 fully saturated rings. The molecule has 0 unspecified atom stereocenters. The molecule has 1 rings (SSSR count). The number of nitrogens with one attached hydrogen (secondary N) is 1. The molecule has 128 valence electrons. The maximum Gasteiger partial charge on any atom is 0.242 e. The molecule has 1 atom stereocenters. The smallest absolute Gasteiger partial charge is 0.242 e. The highest BCUT2D eigenvalue weighted by atomic mass is 16.2. The SMILES string of the molecule is CC(C)CCNC(=O)[C@@H](C)N(Cc1ccccc1)C(=O)C(C)C. The molecule has 0 aliphatic carbocycles.